The smallest absolute Gasteiger partial charge is 0.191 e. The molecular formula is C19H25FIN7. The van der Waals surface area contributed by atoms with Gasteiger partial charge in [-0.05, 0) is 31.5 Å². The highest BCUT2D eigenvalue weighted by Crippen LogP contribution is 2.15. The molecule has 0 bridgehead atoms. The van der Waals surface area contributed by atoms with E-state index < -0.39 is 0 Å². The molecule has 2 aromatic heterocycles. The predicted octanol–water partition coefficient (Wildman–Crippen LogP) is 2.84. The lowest BCUT2D eigenvalue weighted by atomic mass is 10.2. The van der Waals surface area contributed by atoms with Crippen LogP contribution in [-0.4, -0.2) is 32.3 Å². The Morgan fingerprint density at radius 1 is 1.21 bits per heavy atom. The van der Waals surface area contributed by atoms with E-state index in [-0.39, 0.29) is 29.8 Å². The van der Waals surface area contributed by atoms with E-state index in [0.717, 1.165) is 22.5 Å². The van der Waals surface area contributed by atoms with E-state index in [1.54, 1.807) is 36.4 Å². The molecule has 2 heterocycles. The van der Waals surface area contributed by atoms with Crippen molar-refractivity contribution in [1.82, 2.24) is 30.0 Å². The summed E-state index contributed by atoms with van der Waals surface area (Å²) in [5.74, 6) is 0.355. The summed E-state index contributed by atoms with van der Waals surface area (Å²) < 4.78 is 17.9. The Bertz CT molecular complexity index is 948. The number of guanidine groups is 1. The lowest BCUT2D eigenvalue weighted by Gasteiger charge is -2.13. The van der Waals surface area contributed by atoms with Crippen LogP contribution in [0.25, 0.3) is 5.69 Å². The van der Waals surface area contributed by atoms with E-state index in [4.69, 9.17) is 0 Å². The van der Waals surface area contributed by atoms with Crippen LogP contribution in [0.15, 0.2) is 41.9 Å². The summed E-state index contributed by atoms with van der Waals surface area (Å²) in [6.07, 6.45) is 4.91. The van der Waals surface area contributed by atoms with Crippen molar-refractivity contribution in [2.75, 3.05) is 7.05 Å². The number of hydrogen-bond donors (Lipinski definition) is 2. The summed E-state index contributed by atoms with van der Waals surface area (Å²) in [5.41, 5.74) is 4.56. The van der Waals surface area contributed by atoms with E-state index in [0.29, 0.717) is 24.7 Å². The maximum absolute atomic E-state index is 14.3. The van der Waals surface area contributed by atoms with Crippen LogP contribution in [-0.2, 0) is 20.1 Å². The number of benzene rings is 1. The molecule has 0 radical (unpaired) electrons. The molecule has 0 saturated carbocycles. The second-order valence-electron chi connectivity index (χ2n) is 6.31. The van der Waals surface area contributed by atoms with E-state index in [2.05, 4.69) is 25.7 Å². The van der Waals surface area contributed by atoms with Crippen molar-refractivity contribution in [3.63, 3.8) is 0 Å². The third kappa shape index (κ3) is 4.89. The Morgan fingerprint density at radius 3 is 2.54 bits per heavy atom. The number of halogens is 2. The minimum absolute atomic E-state index is 0. The van der Waals surface area contributed by atoms with Crippen LogP contribution in [0.5, 0.6) is 0 Å². The van der Waals surface area contributed by atoms with Crippen molar-refractivity contribution in [3.8, 4) is 5.69 Å². The van der Waals surface area contributed by atoms with Crippen molar-refractivity contribution < 1.29 is 4.39 Å². The number of nitrogens with one attached hydrogen (secondary N) is 2. The number of hydrogen-bond acceptors (Lipinski definition) is 3. The highest BCUT2D eigenvalue weighted by Gasteiger charge is 2.10. The molecule has 0 spiro atoms. The van der Waals surface area contributed by atoms with Crippen molar-refractivity contribution >= 4 is 29.9 Å². The number of aliphatic imine (C=N–C) groups is 1. The fourth-order valence-corrected chi connectivity index (χ4v) is 2.92. The van der Waals surface area contributed by atoms with E-state index in [1.807, 2.05) is 31.6 Å². The molecule has 0 aliphatic heterocycles. The second kappa shape index (κ2) is 9.67. The first-order chi connectivity index (χ1) is 13.0. The number of aromatic nitrogens is 4. The minimum Gasteiger partial charge on any atom is -0.352 e. The van der Waals surface area contributed by atoms with E-state index in [1.165, 1.54) is 6.07 Å². The molecule has 1 aromatic carbocycles. The Hall–Kier alpha value is -2.43. The summed E-state index contributed by atoms with van der Waals surface area (Å²) in [5, 5.41) is 10.9. The fourth-order valence-electron chi connectivity index (χ4n) is 2.92. The maximum atomic E-state index is 14.3. The van der Waals surface area contributed by atoms with Gasteiger partial charge in [-0.1, -0.05) is 6.07 Å². The molecule has 3 aromatic rings. The third-order valence-electron chi connectivity index (χ3n) is 4.57. The zero-order valence-corrected chi connectivity index (χ0v) is 18.7. The second-order valence-corrected chi connectivity index (χ2v) is 6.31. The topological polar surface area (TPSA) is 72.1 Å². The summed E-state index contributed by atoms with van der Waals surface area (Å²) in [6.45, 7) is 5.12. The van der Waals surface area contributed by atoms with Crippen molar-refractivity contribution in [3.05, 3.63) is 65.3 Å². The van der Waals surface area contributed by atoms with Crippen LogP contribution >= 0.6 is 24.0 Å². The van der Waals surface area contributed by atoms with Gasteiger partial charge in [0.05, 0.1) is 17.7 Å². The molecule has 0 aliphatic rings. The van der Waals surface area contributed by atoms with Crippen LogP contribution < -0.4 is 10.6 Å². The Labute approximate surface area is 181 Å². The minimum atomic E-state index is -0.295. The molecule has 3 rings (SSSR count). The van der Waals surface area contributed by atoms with Gasteiger partial charge in [0, 0.05) is 50.8 Å². The van der Waals surface area contributed by atoms with Gasteiger partial charge in [-0.2, -0.15) is 5.10 Å². The normalized spacial score (nSPS) is 11.2. The largest absolute Gasteiger partial charge is 0.352 e. The van der Waals surface area contributed by atoms with Crippen LogP contribution in [0.4, 0.5) is 4.39 Å². The molecule has 28 heavy (non-hydrogen) atoms. The van der Waals surface area contributed by atoms with Crippen molar-refractivity contribution in [2.24, 2.45) is 12.0 Å². The van der Waals surface area contributed by atoms with Gasteiger partial charge in [-0.3, -0.25) is 9.67 Å². The Balaban J connectivity index is 0.00000280. The zero-order valence-electron chi connectivity index (χ0n) is 16.4. The standard InChI is InChI=1S/C19H24FN7.HI/c1-13-16(14(2)26(4)25-13)11-24-19(21-3)23-10-15-5-6-18(17(20)9-15)27-8-7-22-12-27;/h5-9,12H,10-11H2,1-4H3,(H2,21,23,24);1H. The number of nitrogens with zero attached hydrogens (tertiary/aromatic N) is 5. The monoisotopic (exact) mass is 497 g/mol. The van der Waals surface area contributed by atoms with Crippen LogP contribution in [0.2, 0.25) is 0 Å². The first-order valence-electron chi connectivity index (χ1n) is 8.70. The summed E-state index contributed by atoms with van der Waals surface area (Å²) >= 11 is 0. The first-order valence-corrected chi connectivity index (χ1v) is 8.70. The van der Waals surface area contributed by atoms with Crippen LogP contribution in [0.1, 0.15) is 22.5 Å². The average molecular weight is 497 g/mol. The molecule has 2 N–H and O–H groups in total. The molecule has 0 amide bonds. The molecule has 0 atom stereocenters. The molecule has 0 saturated heterocycles. The van der Waals surface area contributed by atoms with Gasteiger partial charge >= 0.3 is 0 Å². The van der Waals surface area contributed by atoms with Gasteiger partial charge in [0.25, 0.3) is 0 Å². The van der Waals surface area contributed by atoms with Crippen LogP contribution in [0, 0.1) is 19.7 Å². The SMILES string of the molecule is CN=C(NCc1ccc(-n2ccnc2)c(F)c1)NCc1c(C)nn(C)c1C.I. The van der Waals surface area contributed by atoms with Gasteiger partial charge in [-0.15, -0.1) is 24.0 Å². The highest BCUT2D eigenvalue weighted by molar-refractivity contribution is 14.0. The number of rotatable bonds is 5. The number of aryl methyl sites for hydroxylation is 2. The highest BCUT2D eigenvalue weighted by atomic mass is 127. The third-order valence-corrected chi connectivity index (χ3v) is 4.57. The van der Waals surface area contributed by atoms with Gasteiger partial charge in [0.1, 0.15) is 5.82 Å². The molecule has 9 heteroatoms. The molecule has 7 nitrogen and oxygen atoms in total. The van der Waals surface area contributed by atoms with Gasteiger partial charge in [0.15, 0.2) is 5.96 Å². The van der Waals surface area contributed by atoms with E-state index in [9.17, 15) is 4.39 Å². The summed E-state index contributed by atoms with van der Waals surface area (Å²) in [6, 6.07) is 5.14. The van der Waals surface area contributed by atoms with E-state index >= 15 is 0 Å². The van der Waals surface area contributed by atoms with Gasteiger partial charge < -0.3 is 15.2 Å². The molecule has 0 fully saturated rings. The molecular weight excluding hydrogens is 472 g/mol. The summed E-state index contributed by atoms with van der Waals surface area (Å²) in [7, 11) is 3.64. The lowest BCUT2D eigenvalue weighted by Crippen LogP contribution is -2.36. The van der Waals surface area contributed by atoms with Crippen LogP contribution in [0.3, 0.4) is 0 Å². The Kier molecular flexibility index (Phi) is 7.55. The summed E-state index contributed by atoms with van der Waals surface area (Å²) in [4.78, 5) is 8.17. The maximum Gasteiger partial charge on any atom is 0.191 e. The first kappa shape index (κ1) is 21.9. The van der Waals surface area contributed by atoms with Gasteiger partial charge in [0.2, 0.25) is 0 Å². The number of imidazole rings is 1. The molecule has 150 valence electrons. The van der Waals surface area contributed by atoms with Gasteiger partial charge in [-0.25, -0.2) is 9.37 Å². The lowest BCUT2D eigenvalue weighted by molar-refractivity contribution is 0.615. The quantitative estimate of drug-likeness (QED) is 0.323. The average Bonchev–Trinajstić information content (AvgIpc) is 3.25. The zero-order chi connectivity index (χ0) is 19.4. The Morgan fingerprint density at radius 2 is 1.96 bits per heavy atom. The molecule has 0 aliphatic carbocycles. The van der Waals surface area contributed by atoms with Crippen molar-refractivity contribution in [2.45, 2.75) is 26.9 Å². The predicted molar refractivity (Wildman–Crippen MR) is 119 cm³/mol. The fraction of sp³-hybridized carbons (Fsp3) is 0.316. The van der Waals surface area contributed by atoms with Crippen molar-refractivity contribution in [1.29, 1.82) is 0 Å². The molecule has 0 unspecified atom stereocenters.